The molecule has 0 radical (unpaired) electrons. The molecular weight excluding hydrogens is 428 g/mol. The van der Waals surface area contributed by atoms with Crippen LogP contribution in [0.2, 0.25) is 0 Å². The molecule has 0 bridgehead atoms. The van der Waals surface area contributed by atoms with E-state index in [9.17, 15) is 14.4 Å². The number of aromatic nitrogens is 1. The molecule has 1 atom stereocenters. The number of ketones is 1. The van der Waals surface area contributed by atoms with E-state index in [0.717, 1.165) is 46.5 Å². The zero-order valence-electron chi connectivity index (χ0n) is 17.6. The number of rotatable bonds is 5. The Labute approximate surface area is 189 Å². The van der Waals surface area contributed by atoms with Gasteiger partial charge in [-0.15, -0.1) is 11.3 Å². The zero-order valence-corrected chi connectivity index (χ0v) is 18.4. The molecule has 4 heterocycles. The third-order valence-electron chi connectivity index (χ3n) is 6.13. The van der Waals surface area contributed by atoms with Crippen molar-refractivity contribution in [1.82, 2.24) is 5.16 Å². The Morgan fingerprint density at radius 3 is 2.53 bits per heavy atom. The van der Waals surface area contributed by atoms with Crippen LogP contribution in [-0.2, 0) is 9.59 Å². The van der Waals surface area contributed by atoms with Gasteiger partial charge in [-0.3, -0.25) is 14.4 Å². The summed E-state index contributed by atoms with van der Waals surface area (Å²) in [6.45, 7) is 4.79. The first-order valence-corrected chi connectivity index (χ1v) is 11.5. The van der Waals surface area contributed by atoms with Gasteiger partial charge in [-0.25, -0.2) is 4.90 Å². The third-order valence-corrected chi connectivity index (χ3v) is 7.00. The predicted molar refractivity (Wildman–Crippen MR) is 119 cm³/mol. The van der Waals surface area contributed by atoms with Crippen molar-refractivity contribution >= 4 is 40.4 Å². The molecule has 9 heteroatoms. The fraction of sp³-hybridized carbons (Fsp3) is 0.304. The van der Waals surface area contributed by atoms with E-state index in [4.69, 9.17) is 4.52 Å². The van der Waals surface area contributed by atoms with Crippen LogP contribution in [0.4, 0.5) is 11.5 Å². The van der Waals surface area contributed by atoms with E-state index in [-0.39, 0.29) is 35.9 Å². The van der Waals surface area contributed by atoms with E-state index < -0.39 is 0 Å². The maximum atomic E-state index is 12.9. The van der Waals surface area contributed by atoms with Crippen molar-refractivity contribution in [2.75, 3.05) is 36.0 Å². The molecule has 0 saturated carbocycles. The van der Waals surface area contributed by atoms with Crippen molar-refractivity contribution in [1.29, 1.82) is 0 Å². The smallest absolute Gasteiger partial charge is 0.293 e. The Hall–Kier alpha value is -3.30. The van der Waals surface area contributed by atoms with Crippen LogP contribution in [0.1, 0.15) is 27.4 Å². The van der Waals surface area contributed by atoms with Crippen LogP contribution < -0.4 is 14.7 Å². The Morgan fingerprint density at radius 1 is 1.16 bits per heavy atom. The first-order chi connectivity index (χ1) is 15.5. The van der Waals surface area contributed by atoms with Crippen LogP contribution >= 0.6 is 11.3 Å². The first kappa shape index (κ1) is 20.6. The number of nitrogens with one attached hydrogen (secondary N) is 1. The van der Waals surface area contributed by atoms with Gasteiger partial charge in [0.15, 0.2) is 11.9 Å². The van der Waals surface area contributed by atoms with Gasteiger partial charge in [0.1, 0.15) is 5.76 Å². The number of imide groups is 1. The molecule has 1 aromatic carbocycles. The number of piperazine rings is 1. The molecule has 8 nitrogen and oxygen atoms in total. The van der Waals surface area contributed by atoms with Crippen molar-refractivity contribution < 1.29 is 23.8 Å². The third kappa shape index (κ3) is 3.74. The maximum absolute atomic E-state index is 12.9. The van der Waals surface area contributed by atoms with Crippen LogP contribution in [0, 0.1) is 6.92 Å². The molecule has 2 saturated heterocycles. The van der Waals surface area contributed by atoms with Crippen molar-refractivity contribution in [3.63, 3.8) is 0 Å². The zero-order chi connectivity index (χ0) is 22.2. The van der Waals surface area contributed by atoms with E-state index in [1.165, 1.54) is 11.3 Å². The number of carbonyl (C=O) groups excluding carboxylic acids is 3. The van der Waals surface area contributed by atoms with Gasteiger partial charge in [-0.05, 0) is 42.6 Å². The number of hydrogen-bond donors (Lipinski definition) is 1. The summed E-state index contributed by atoms with van der Waals surface area (Å²) >= 11 is 1.44. The minimum atomic E-state index is -0.382. The van der Waals surface area contributed by atoms with Crippen LogP contribution in [0.15, 0.2) is 52.4 Å². The number of carbonyl (C=O) groups is 3. The molecule has 0 spiro atoms. The highest BCUT2D eigenvalue weighted by atomic mass is 32.1. The van der Waals surface area contributed by atoms with Gasteiger partial charge >= 0.3 is 0 Å². The van der Waals surface area contributed by atoms with Crippen molar-refractivity contribution in [2.45, 2.75) is 19.4 Å². The molecule has 0 unspecified atom stereocenters. The molecule has 2 fully saturated rings. The lowest BCUT2D eigenvalue weighted by atomic mass is 10.1. The van der Waals surface area contributed by atoms with Gasteiger partial charge in [0.2, 0.25) is 11.7 Å². The summed E-state index contributed by atoms with van der Waals surface area (Å²) < 4.78 is 5.03. The number of hydrogen-bond acceptors (Lipinski definition) is 7. The average Bonchev–Trinajstić information content (AvgIpc) is 3.55. The highest BCUT2D eigenvalue weighted by Crippen LogP contribution is 2.22. The Kier molecular flexibility index (Phi) is 5.36. The van der Waals surface area contributed by atoms with E-state index in [2.05, 4.69) is 10.1 Å². The number of amides is 2. The highest BCUT2D eigenvalue weighted by Gasteiger charge is 2.47. The maximum Gasteiger partial charge on any atom is 0.293 e. The van der Waals surface area contributed by atoms with Crippen LogP contribution in [0.3, 0.4) is 0 Å². The Bertz CT molecular complexity index is 1150. The fourth-order valence-electron chi connectivity index (χ4n) is 4.42. The number of quaternary nitrogens is 1. The number of thiophene rings is 1. The fourth-order valence-corrected chi connectivity index (χ4v) is 5.11. The molecule has 0 aliphatic carbocycles. The second-order valence-electron chi connectivity index (χ2n) is 8.12. The van der Waals surface area contributed by atoms with E-state index in [0.29, 0.717) is 11.3 Å². The lowest BCUT2D eigenvalue weighted by molar-refractivity contribution is -0.915. The molecule has 1 N–H and O–H groups in total. The minimum Gasteiger partial charge on any atom is -0.360 e. The number of aryl methyl sites for hydroxylation is 1. The quantitative estimate of drug-likeness (QED) is 0.465. The largest absolute Gasteiger partial charge is 0.360 e. The molecule has 164 valence electrons. The average molecular weight is 452 g/mol. The van der Waals surface area contributed by atoms with Gasteiger partial charge in [-0.1, -0.05) is 11.2 Å². The number of nitrogens with zero attached hydrogens (tertiary/aromatic N) is 3. The monoisotopic (exact) mass is 451 g/mol. The second-order valence-corrected chi connectivity index (χ2v) is 9.07. The summed E-state index contributed by atoms with van der Waals surface area (Å²) in [5, 5.41) is 5.73. The van der Waals surface area contributed by atoms with Crippen LogP contribution in [-0.4, -0.2) is 55.0 Å². The minimum absolute atomic E-state index is 0.0390. The van der Waals surface area contributed by atoms with E-state index >= 15 is 0 Å². The van der Waals surface area contributed by atoms with Crippen molar-refractivity contribution in [3.05, 3.63) is 64.0 Å². The van der Waals surface area contributed by atoms with Gasteiger partial charge < -0.3 is 14.3 Å². The normalized spacial score (nSPS) is 19.7. The molecule has 3 aromatic rings. The summed E-state index contributed by atoms with van der Waals surface area (Å²) in [5.41, 5.74) is 1.74. The van der Waals surface area contributed by atoms with Gasteiger partial charge in [-0.2, -0.15) is 0 Å². The molecule has 2 aliphatic heterocycles. The highest BCUT2D eigenvalue weighted by molar-refractivity contribution is 7.12. The topological polar surface area (TPSA) is 88.2 Å². The lowest BCUT2D eigenvalue weighted by Gasteiger charge is -2.35. The molecule has 32 heavy (non-hydrogen) atoms. The molecule has 5 rings (SSSR count). The van der Waals surface area contributed by atoms with Crippen LogP contribution in [0.5, 0.6) is 0 Å². The van der Waals surface area contributed by atoms with E-state index in [1.807, 2.05) is 41.8 Å². The first-order valence-electron chi connectivity index (χ1n) is 10.6. The lowest BCUT2D eigenvalue weighted by Crippen LogP contribution is -3.19. The summed E-state index contributed by atoms with van der Waals surface area (Å²) in [7, 11) is 0. The predicted octanol–water partition coefficient (Wildman–Crippen LogP) is 1.31. The van der Waals surface area contributed by atoms with Gasteiger partial charge in [0.05, 0.1) is 37.5 Å². The standard InChI is InChI=1S/C23H22N4O4S/c1-15-13-20(24-31-15)27-21(28)14-18(23(27)30)26-10-8-25(9-11-26)17-6-4-16(5-7-17)22(29)19-3-2-12-32-19/h2-7,12-13,18H,8-11,14H2,1H3/p+1/t18-/m0/s1. The summed E-state index contributed by atoms with van der Waals surface area (Å²) in [6.07, 6.45) is 0.194. The second kappa shape index (κ2) is 8.33. The molecule has 2 aliphatic rings. The van der Waals surface area contributed by atoms with Crippen molar-refractivity contribution in [2.24, 2.45) is 0 Å². The number of anilines is 2. The molecular formula is C23H23N4O4S+. The Balaban J connectivity index is 1.21. The van der Waals surface area contributed by atoms with Crippen molar-refractivity contribution in [3.8, 4) is 0 Å². The summed E-state index contributed by atoms with van der Waals surface area (Å²) in [5.74, 6) is 0.442. The van der Waals surface area contributed by atoms with Gasteiger partial charge in [0, 0.05) is 17.3 Å². The summed E-state index contributed by atoms with van der Waals surface area (Å²) in [6, 6.07) is 12.6. The summed E-state index contributed by atoms with van der Waals surface area (Å²) in [4.78, 5) is 43.2. The SMILES string of the molecule is Cc1cc(N2C(=O)C[C@H]([NH+]3CCN(c4ccc(C(=O)c5cccs5)cc4)CC3)C2=O)no1. The Morgan fingerprint density at radius 2 is 1.91 bits per heavy atom. The van der Waals surface area contributed by atoms with Crippen LogP contribution in [0.25, 0.3) is 0 Å². The molecule has 2 aromatic heterocycles. The number of benzene rings is 1. The van der Waals surface area contributed by atoms with E-state index in [1.54, 1.807) is 13.0 Å². The van der Waals surface area contributed by atoms with Gasteiger partial charge in [0.25, 0.3) is 5.91 Å². The molecule has 2 amide bonds.